The van der Waals surface area contributed by atoms with Gasteiger partial charge in [-0.3, -0.25) is 0 Å². The van der Waals surface area contributed by atoms with Gasteiger partial charge in [-0.2, -0.15) is 0 Å². The minimum absolute atomic E-state index is 0.275. The molecule has 1 saturated heterocycles. The van der Waals surface area contributed by atoms with Crippen LogP contribution in [-0.2, 0) is 13.6 Å². The summed E-state index contributed by atoms with van der Waals surface area (Å²) in [6.07, 6.45) is 1.30. The normalized spacial score (nSPS) is 33.2. The predicted molar refractivity (Wildman–Crippen MR) is 95.5 cm³/mol. The van der Waals surface area contributed by atoms with Crippen molar-refractivity contribution in [2.45, 2.75) is 64.9 Å². The van der Waals surface area contributed by atoms with E-state index < -0.39 is 29.9 Å². The van der Waals surface area contributed by atoms with Crippen LogP contribution < -0.4 is 0 Å². The Balaban J connectivity index is 3.49. The van der Waals surface area contributed by atoms with Crippen molar-refractivity contribution in [1.82, 2.24) is 0 Å². The molecule has 1 aliphatic heterocycles. The molecule has 0 N–H and O–H groups in total. The lowest BCUT2D eigenvalue weighted by atomic mass is 10.5. The van der Waals surface area contributed by atoms with Crippen LogP contribution in [-0.4, -0.2) is 41.1 Å². The van der Waals surface area contributed by atoms with Gasteiger partial charge >= 0.3 is 5.97 Å². The highest BCUT2D eigenvalue weighted by Gasteiger charge is 2.74. The highest BCUT2D eigenvalue weighted by atomic mass is 29.8. The Hall–Kier alpha value is 0.0375. The maximum atomic E-state index is 11.9. The lowest BCUT2D eigenvalue weighted by Gasteiger charge is -2.64. The molecule has 1 unspecified atom stereocenters. The van der Waals surface area contributed by atoms with E-state index >= 15 is 0 Å². The molecule has 0 spiro atoms. The van der Waals surface area contributed by atoms with E-state index in [9.17, 15) is 4.79 Å². The third kappa shape index (κ3) is 2.18. The third-order valence-corrected chi connectivity index (χ3v) is 70.3. The van der Waals surface area contributed by atoms with Gasteiger partial charge in [0.2, 0.25) is 0 Å². The van der Waals surface area contributed by atoms with Crippen molar-refractivity contribution in [2.24, 2.45) is 0 Å². The molecule has 1 heterocycles. The van der Waals surface area contributed by atoms with E-state index in [0.717, 1.165) is 0 Å². The van der Waals surface area contributed by atoms with Gasteiger partial charge in [0.1, 0.15) is 0 Å². The lowest BCUT2D eigenvalue weighted by Crippen LogP contribution is -2.91. The van der Waals surface area contributed by atoms with Crippen molar-refractivity contribution in [3.63, 3.8) is 0 Å². The topological polar surface area (TPSA) is 35.5 Å². The average Bonchev–Trinajstić information content (AvgIpc) is 2.24. The van der Waals surface area contributed by atoms with E-state index in [0.29, 0.717) is 0 Å². The first-order valence-corrected chi connectivity index (χ1v) is 21.5. The summed E-state index contributed by atoms with van der Waals surface area (Å²) in [6.45, 7) is 24.6. The quantitative estimate of drug-likeness (QED) is 0.567. The van der Waals surface area contributed by atoms with Gasteiger partial charge in [0.05, 0.1) is 19.4 Å². The van der Waals surface area contributed by atoms with Crippen molar-refractivity contribution in [3.8, 4) is 0 Å². The van der Waals surface area contributed by atoms with E-state index in [-0.39, 0.29) is 11.2 Å². The zero-order valence-electron chi connectivity index (χ0n) is 14.5. The molecular formula is C13H30O3Si4. The lowest BCUT2D eigenvalue weighted by molar-refractivity contribution is -0.130. The summed E-state index contributed by atoms with van der Waals surface area (Å²) in [7, 11) is -7.27. The zero-order valence-corrected chi connectivity index (χ0v) is 18.5. The van der Waals surface area contributed by atoms with Gasteiger partial charge in [-0.1, -0.05) is 32.8 Å². The average molecular weight is 347 g/mol. The van der Waals surface area contributed by atoms with Crippen molar-refractivity contribution >= 4 is 35.9 Å². The van der Waals surface area contributed by atoms with Gasteiger partial charge in [0.15, 0.2) is 7.83 Å². The Morgan fingerprint density at radius 2 is 1.50 bits per heavy atom. The number of rotatable bonds is 2. The Labute approximate surface area is 127 Å². The van der Waals surface area contributed by atoms with Gasteiger partial charge in [-0.05, 0) is 33.5 Å². The molecule has 7 heteroatoms. The van der Waals surface area contributed by atoms with E-state index in [1.54, 1.807) is 0 Å². The Morgan fingerprint density at radius 1 is 1.05 bits per heavy atom. The molecule has 0 saturated carbocycles. The maximum absolute atomic E-state index is 11.9. The zero-order chi connectivity index (χ0) is 16.2. The van der Waals surface area contributed by atoms with Crippen LogP contribution in [0.2, 0.25) is 45.8 Å². The van der Waals surface area contributed by atoms with Crippen LogP contribution in [0.3, 0.4) is 0 Å². The smallest absolute Gasteiger partial charge is 0.316 e. The van der Waals surface area contributed by atoms with Crippen molar-refractivity contribution in [1.29, 1.82) is 0 Å². The fraction of sp³-hybridized carbons (Fsp3) is 0.769. The van der Waals surface area contributed by atoms with E-state index in [4.69, 9.17) is 8.85 Å². The molecule has 1 atom stereocenters. The van der Waals surface area contributed by atoms with Crippen LogP contribution in [0.4, 0.5) is 0 Å². The summed E-state index contributed by atoms with van der Waals surface area (Å²) < 4.78 is 12.7. The second-order valence-corrected chi connectivity index (χ2v) is 45.7. The number of carbonyl (C=O) groups is 1. The molecule has 0 radical (unpaired) electrons. The monoisotopic (exact) mass is 346 g/mol. The van der Waals surface area contributed by atoms with E-state index in [1.807, 2.05) is 0 Å². The van der Waals surface area contributed by atoms with E-state index in [2.05, 4.69) is 66.3 Å². The molecular weight excluding hydrogens is 316 g/mol. The van der Waals surface area contributed by atoms with Crippen LogP contribution >= 0.6 is 0 Å². The summed E-state index contributed by atoms with van der Waals surface area (Å²) in [5, 5.41) is -0.306. The molecule has 3 nitrogen and oxygen atoms in total. The molecule has 1 fully saturated rings. The maximum Gasteiger partial charge on any atom is 0.316 e. The third-order valence-electron chi connectivity index (χ3n) is 6.39. The van der Waals surface area contributed by atoms with Gasteiger partial charge in [-0.15, -0.1) is 0 Å². The second kappa shape index (κ2) is 4.77. The first-order valence-electron chi connectivity index (χ1n) is 7.22. The Bertz CT molecular complexity index is 443. The SMILES string of the molecule is C=CC(=O)O[Si]1(C)C(C)(C)O[Si](C)(C)[Si](C)(C)[Si]1(C)C. The molecule has 0 amide bonds. The molecule has 0 aromatic carbocycles. The predicted octanol–water partition coefficient (Wildman–Crippen LogP) is 3.50. The van der Waals surface area contributed by atoms with Crippen molar-refractivity contribution < 1.29 is 13.6 Å². The second-order valence-electron chi connectivity index (χ2n) is 8.03. The van der Waals surface area contributed by atoms with Gasteiger partial charge < -0.3 is 8.85 Å². The molecule has 20 heavy (non-hydrogen) atoms. The largest absolute Gasteiger partial charge is 0.517 e. The fourth-order valence-electron chi connectivity index (χ4n) is 3.46. The summed E-state index contributed by atoms with van der Waals surface area (Å²) >= 11 is 0. The Kier molecular flexibility index (Phi) is 4.31. The van der Waals surface area contributed by atoms with E-state index in [1.165, 1.54) is 6.08 Å². The van der Waals surface area contributed by atoms with Crippen LogP contribution in [0.5, 0.6) is 0 Å². The standard InChI is InChI=1S/C13H30O3Si4/c1-11-12(14)15-20(10)13(2,3)16-17(4,5)18(6,7)19(20,8)9/h11H,1H2,2-10H3. The number of hydrogen-bond acceptors (Lipinski definition) is 3. The van der Waals surface area contributed by atoms with Crippen LogP contribution in [0, 0.1) is 0 Å². The molecule has 1 rings (SSSR count). The minimum atomic E-state index is -2.31. The number of carbonyl (C=O) groups excluding carboxylic acids is 1. The minimum Gasteiger partial charge on any atom is -0.517 e. The summed E-state index contributed by atoms with van der Waals surface area (Å²) in [4.78, 5) is 11.9. The molecule has 0 aliphatic carbocycles. The first-order chi connectivity index (χ1) is 8.66. The summed E-state index contributed by atoms with van der Waals surface area (Å²) in [5.41, 5.74) is 0. The Morgan fingerprint density at radius 3 is 1.90 bits per heavy atom. The van der Waals surface area contributed by atoms with Crippen molar-refractivity contribution in [3.05, 3.63) is 12.7 Å². The van der Waals surface area contributed by atoms with Gasteiger partial charge in [0, 0.05) is 6.08 Å². The molecule has 1 aliphatic rings. The molecule has 116 valence electrons. The summed E-state index contributed by atoms with van der Waals surface area (Å²) in [5.74, 6) is -0.275. The van der Waals surface area contributed by atoms with Crippen LogP contribution in [0.15, 0.2) is 12.7 Å². The van der Waals surface area contributed by atoms with Gasteiger partial charge in [-0.25, -0.2) is 4.79 Å². The van der Waals surface area contributed by atoms with Crippen LogP contribution in [0.1, 0.15) is 13.8 Å². The summed E-state index contributed by atoms with van der Waals surface area (Å²) in [6, 6.07) is 0. The number of hydrogen-bond donors (Lipinski definition) is 0. The first kappa shape index (κ1) is 18.1. The molecule has 0 bridgehead atoms. The highest BCUT2D eigenvalue weighted by Crippen LogP contribution is 2.48. The highest BCUT2D eigenvalue weighted by molar-refractivity contribution is 7.83. The fourth-order valence-corrected chi connectivity index (χ4v) is 70.2. The van der Waals surface area contributed by atoms with Crippen molar-refractivity contribution in [2.75, 3.05) is 0 Å². The van der Waals surface area contributed by atoms with Gasteiger partial charge in [0.25, 0.3) is 7.83 Å². The van der Waals surface area contributed by atoms with Crippen LogP contribution in [0.25, 0.3) is 0 Å². The molecule has 0 aromatic rings. The molecule has 0 aromatic heterocycles.